The summed E-state index contributed by atoms with van der Waals surface area (Å²) in [6.07, 6.45) is 2.44. The number of aromatic nitrogens is 1. The lowest BCUT2D eigenvalue weighted by atomic mass is 10.1. The van der Waals surface area contributed by atoms with Crippen molar-refractivity contribution in [3.8, 4) is 0 Å². The number of nitrogens with zero attached hydrogens (tertiary/aromatic N) is 3. The van der Waals surface area contributed by atoms with Crippen LogP contribution < -0.4 is 4.90 Å². The molecule has 24 heavy (non-hydrogen) atoms. The molecule has 2 heterocycles. The van der Waals surface area contributed by atoms with Crippen molar-refractivity contribution < 1.29 is 4.39 Å². The van der Waals surface area contributed by atoms with Crippen LogP contribution in [0.3, 0.4) is 0 Å². The molecule has 0 saturated carbocycles. The maximum atomic E-state index is 13.4. The van der Waals surface area contributed by atoms with Gasteiger partial charge in [0.25, 0.3) is 0 Å². The lowest BCUT2D eigenvalue weighted by molar-refractivity contribution is 0.175. The molecule has 2 aromatic rings. The zero-order valence-electron chi connectivity index (χ0n) is 14.8. The Kier molecular flexibility index (Phi) is 6.41. The number of fused-ring (bicyclic) bond motifs is 1. The van der Waals surface area contributed by atoms with Gasteiger partial charge >= 0.3 is 0 Å². The third-order valence-corrected chi connectivity index (χ3v) is 5.06. The minimum atomic E-state index is -0.200. The van der Waals surface area contributed by atoms with Gasteiger partial charge in [-0.25, -0.2) is 9.37 Å². The predicted molar refractivity (Wildman–Crippen MR) is 102 cm³/mol. The van der Waals surface area contributed by atoms with Crippen LogP contribution in [0.5, 0.6) is 0 Å². The van der Waals surface area contributed by atoms with Crippen molar-refractivity contribution in [1.82, 2.24) is 9.88 Å². The fraction of sp³-hybridized carbons (Fsp3) is 0.526. The number of hydrogen-bond donors (Lipinski definition) is 0. The normalized spacial score (nSPS) is 15.8. The van der Waals surface area contributed by atoms with E-state index in [4.69, 9.17) is 4.98 Å². The highest BCUT2D eigenvalue weighted by molar-refractivity contribution is 5.85. The van der Waals surface area contributed by atoms with E-state index in [1.54, 1.807) is 12.1 Å². The Balaban J connectivity index is 0.00000208. The van der Waals surface area contributed by atoms with Gasteiger partial charge < -0.3 is 4.90 Å². The van der Waals surface area contributed by atoms with Crippen LogP contribution >= 0.6 is 12.4 Å². The maximum absolute atomic E-state index is 13.4. The van der Waals surface area contributed by atoms with Gasteiger partial charge in [0.2, 0.25) is 0 Å². The molecule has 3 rings (SSSR count). The number of hydrogen-bond acceptors (Lipinski definition) is 3. The van der Waals surface area contributed by atoms with Crippen molar-refractivity contribution in [2.45, 2.75) is 39.7 Å². The van der Waals surface area contributed by atoms with Crippen LogP contribution in [0, 0.1) is 12.7 Å². The van der Waals surface area contributed by atoms with Gasteiger partial charge in [0.15, 0.2) is 0 Å². The van der Waals surface area contributed by atoms with E-state index in [1.165, 1.54) is 18.9 Å². The SMILES string of the molecule is CCC(CC)N1CCN(c2cc(C)c3cc(F)ccc3n2)CC1.Cl. The van der Waals surface area contributed by atoms with Crippen molar-refractivity contribution in [2.75, 3.05) is 31.1 Å². The van der Waals surface area contributed by atoms with Crippen LogP contribution in [0.1, 0.15) is 32.3 Å². The molecule has 0 bridgehead atoms. The monoisotopic (exact) mass is 351 g/mol. The zero-order chi connectivity index (χ0) is 16.4. The van der Waals surface area contributed by atoms with Gasteiger partial charge in [0.05, 0.1) is 5.52 Å². The first-order valence-electron chi connectivity index (χ1n) is 8.68. The molecule has 0 N–H and O–H groups in total. The topological polar surface area (TPSA) is 19.4 Å². The Morgan fingerprint density at radius 3 is 2.38 bits per heavy atom. The molecule has 3 nitrogen and oxygen atoms in total. The summed E-state index contributed by atoms with van der Waals surface area (Å²) >= 11 is 0. The average Bonchev–Trinajstić information content (AvgIpc) is 2.57. The van der Waals surface area contributed by atoms with E-state index in [1.807, 2.05) is 6.92 Å². The molecule has 0 atom stereocenters. The molecule has 1 aromatic heterocycles. The van der Waals surface area contributed by atoms with Gasteiger partial charge in [-0.1, -0.05) is 13.8 Å². The molecule has 0 unspecified atom stereocenters. The first-order valence-corrected chi connectivity index (χ1v) is 8.68. The van der Waals surface area contributed by atoms with E-state index in [0.717, 1.165) is 48.5 Å². The number of pyridine rings is 1. The van der Waals surface area contributed by atoms with Crippen molar-refractivity contribution in [3.05, 3.63) is 35.6 Å². The molecule has 132 valence electrons. The summed E-state index contributed by atoms with van der Waals surface area (Å²) in [7, 11) is 0. The van der Waals surface area contributed by atoms with Crippen molar-refractivity contribution in [1.29, 1.82) is 0 Å². The summed E-state index contributed by atoms with van der Waals surface area (Å²) in [6.45, 7) is 10.8. The molecule has 5 heteroatoms. The standard InChI is InChI=1S/C19H26FN3.ClH/c1-4-16(5-2)22-8-10-23(11-9-22)19-12-14(3)17-13-15(20)6-7-18(17)21-19;/h6-7,12-13,16H,4-5,8-11H2,1-3H3;1H. The molecule has 1 fully saturated rings. The summed E-state index contributed by atoms with van der Waals surface area (Å²) in [4.78, 5) is 9.70. The third-order valence-electron chi connectivity index (χ3n) is 5.06. The van der Waals surface area contributed by atoms with E-state index >= 15 is 0 Å². The van der Waals surface area contributed by atoms with Crippen LogP contribution in [-0.2, 0) is 0 Å². The Bertz CT molecular complexity index is 680. The Hall–Kier alpha value is -1.39. The van der Waals surface area contributed by atoms with Gasteiger partial charge in [0, 0.05) is 37.6 Å². The Morgan fingerprint density at radius 1 is 1.08 bits per heavy atom. The predicted octanol–water partition coefficient (Wildman–Crippen LogP) is 4.41. The van der Waals surface area contributed by atoms with Crippen molar-refractivity contribution in [3.63, 3.8) is 0 Å². The number of halogens is 2. The number of rotatable bonds is 4. The van der Waals surface area contributed by atoms with E-state index in [-0.39, 0.29) is 18.2 Å². The second kappa shape index (κ2) is 8.13. The molecule has 1 aliphatic heterocycles. The molecular formula is C19H27ClFN3. The summed E-state index contributed by atoms with van der Waals surface area (Å²) in [5.41, 5.74) is 1.97. The van der Waals surface area contributed by atoms with Crippen molar-refractivity contribution in [2.24, 2.45) is 0 Å². The first-order chi connectivity index (χ1) is 11.1. The minimum absolute atomic E-state index is 0. The molecule has 0 radical (unpaired) electrons. The van der Waals surface area contributed by atoms with Gasteiger partial charge in [-0.15, -0.1) is 12.4 Å². The molecule has 0 aliphatic carbocycles. The second-order valence-corrected chi connectivity index (χ2v) is 6.45. The fourth-order valence-electron chi connectivity index (χ4n) is 3.63. The highest BCUT2D eigenvalue weighted by Crippen LogP contribution is 2.24. The number of benzene rings is 1. The van der Waals surface area contributed by atoms with Gasteiger partial charge in [-0.3, -0.25) is 4.90 Å². The van der Waals surface area contributed by atoms with Crippen molar-refractivity contribution >= 4 is 29.1 Å². The zero-order valence-corrected chi connectivity index (χ0v) is 15.6. The molecular weight excluding hydrogens is 325 g/mol. The molecule has 1 aromatic carbocycles. The largest absolute Gasteiger partial charge is 0.354 e. The summed E-state index contributed by atoms with van der Waals surface area (Å²) in [5, 5.41) is 0.907. The van der Waals surface area contributed by atoms with Gasteiger partial charge in [0.1, 0.15) is 11.6 Å². The smallest absolute Gasteiger partial charge is 0.129 e. The van der Waals surface area contributed by atoms with Gasteiger partial charge in [-0.2, -0.15) is 0 Å². The van der Waals surface area contributed by atoms with Crippen LogP contribution in [0.4, 0.5) is 10.2 Å². The quantitative estimate of drug-likeness (QED) is 0.813. The van der Waals surface area contributed by atoms with E-state index in [9.17, 15) is 4.39 Å². The van der Waals surface area contributed by atoms with Crippen LogP contribution in [0.25, 0.3) is 10.9 Å². The van der Waals surface area contributed by atoms with Crippen LogP contribution in [0.2, 0.25) is 0 Å². The average molecular weight is 352 g/mol. The molecule has 1 saturated heterocycles. The van der Waals surface area contributed by atoms with Crippen LogP contribution in [0.15, 0.2) is 24.3 Å². The molecule has 1 aliphatic rings. The fourth-order valence-corrected chi connectivity index (χ4v) is 3.63. The maximum Gasteiger partial charge on any atom is 0.129 e. The highest BCUT2D eigenvalue weighted by atomic mass is 35.5. The second-order valence-electron chi connectivity index (χ2n) is 6.45. The van der Waals surface area contributed by atoms with Gasteiger partial charge in [-0.05, 0) is 49.6 Å². The molecule has 0 amide bonds. The summed E-state index contributed by atoms with van der Waals surface area (Å²) in [6, 6.07) is 7.64. The third kappa shape index (κ3) is 3.81. The highest BCUT2D eigenvalue weighted by Gasteiger charge is 2.22. The lowest BCUT2D eigenvalue weighted by Crippen LogP contribution is -2.50. The lowest BCUT2D eigenvalue weighted by Gasteiger charge is -2.39. The van der Waals surface area contributed by atoms with E-state index < -0.39 is 0 Å². The Labute approximate surface area is 150 Å². The van der Waals surface area contributed by atoms with Crippen LogP contribution in [-0.4, -0.2) is 42.1 Å². The summed E-state index contributed by atoms with van der Waals surface area (Å²) < 4.78 is 13.4. The van der Waals surface area contributed by atoms with E-state index in [0.29, 0.717) is 6.04 Å². The Morgan fingerprint density at radius 2 is 1.75 bits per heavy atom. The summed E-state index contributed by atoms with van der Waals surface area (Å²) in [5.74, 6) is 0.819. The number of piperazine rings is 1. The number of aryl methyl sites for hydroxylation is 1. The number of anilines is 1. The van der Waals surface area contributed by atoms with E-state index in [2.05, 4.69) is 29.7 Å². The molecule has 0 spiro atoms. The first kappa shape index (κ1) is 18.9. The minimum Gasteiger partial charge on any atom is -0.354 e.